The zero-order valence-electron chi connectivity index (χ0n) is 13.4. The van der Waals surface area contributed by atoms with Crippen LogP contribution in [0.5, 0.6) is 0 Å². The first-order chi connectivity index (χ1) is 9.78. The molecule has 122 valence electrons. The highest BCUT2D eigenvalue weighted by Gasteiger charge is 2.47. The van der Waals surface area contributed by atoms with Crippen molar-refractivity contribution in [3.63, 3.8) is 0 Å². The van der Waals surface area contributed by atoms with Crippen LogP contribution in [0, 0.1) is 17.8 Å². The Labute approximate surface area is 128 Å². The molecule has 2 aliphatic rings. The van der Waals surface area contributed by atoms with Crippen molar-refractivity contribution in [2.75, 3.05) is 13.7 Å². The number of rotatable bonds is 3. The standard InChI is InChI=1S/C15H27NO4S/c1-10-8-11(2)12(3)16(9-10)21(18,19)14-7-5-6-13(14)15(17)20-4/h10-14H,5-9H2,1-4H3. The second kappa shape index (κ2) is 6.24. The normalized spacial score (nSPS) is 38.4. The number of nitrogens with zero attached hydrogens (tertiary/aromatic N) is 1. The molecule has 5 nitrogen and oxygen atoms in total. The SMILES string of the molecule is COC(=O)C1CCCC1S(=O)(=O)N1CC(C)CC(C)C1C. The minimum atomic E-state index is -3.45. The van der Waals surface area contributed by atoms with Gasteiger partial charge < -0.3 is 4.74 Å². The minimum absolute atomic E-state index is 0.00472. The lowest BCUT2D eigenvalue weighted by Crippen LogP contribution is -2.52. The Bertz CT molecular complexity index is 490. The Balaban J connectivity index is 2.26. The van der Waals surface area contributed by atoms with Gasteiger partial charge in [-0.2, -0.15) is 4.31 Å². The molecule has 2 fully saturated rings. The molecule has 0 aromatic heterocycles. The Kier molecular flexibility index (Phi) is 4.98. The van der Waals surface area contributed by atoms with Crippen molar-refractivity contribution < 1.29 is 17.9 Å². The van der Waals surface area contributed by atoms with Gasteiger partial charge >= 0.3 is 5.97 Å². The van der Waals surface area contributed by atoms with E-state index in [9.17, 15) is 13.2 Å². The summed E-state index contributed by atoms with van der Waals surface area (Å²) in [4.78, 5) is 11.9. The molecule has 0 N–H and O–H groups in total. The van der Waals surface area contributed by atoms with Crippen LogP contribution in [-0.2, 0) is 19.6 Å². The van der Waals surface area contributed by atoms with Crippen molar-refractivity contribution in [3.05, 3.63) is 0 Å². The molecule has 1 saturated heterocycles. The van der Waals surface area contributed by atoms with Gasteiger partial charge in [-0.15, -0.1) is 0 Å². The predicted octanol–water partition coefficient (Wildman–Crippen LogP) is 2.02. The average molecular weight is 317 g/mol. The molecule has 2 rings (SSSR count). The van der Waals surface area contributed by atoms with Crippen LogP contribution in [-0.4, -0.2) is 43.6 Å². The molecule has 0 radical (unpaired) electrons. The second-order valence-electron chi connectivity index (χ2n) is 6.77. The van der Waals surface area contributed by atoms with Gasteiger partial charge in [0.2, 0.25) is 10.0 Å². The molecule has 6 heteroatoms. The molecule has 0 aromatic carbocycles. The number of carbonyl (C=O) groups is 1. The predicted molar refractivity (Wildman–Crippen MR) is 81.2 cm³/mol. The lowest BCUT2D eigenvalue weighted by atomic mass is 9.88. The number of esters is 1. The molecule has 1 heterocycles. The van der Waals surface area contributed by atoms with E-state index >= 15 is 0 Å². The largest absolute Gasteiger partial charge is 0.469 e. The number of ether oxygens (including phenoxy) is 1. The molecule has 5 unspecified atom stereocenters. The topological polar surface area (TPSA) is 63.7 Å². The van der Waals surface area contributed by atoms with Gasteiger partial charge in [0.1, 0.15) is 0 Å². The fourth-order valence-corrected chi connectivity index (χ4v) is 6.48. The molecule has 21 heavy (non-hydrogen) atoms. The summed E-state index contributed by atoms with van der Waals surface area (Å²) >= 11 is 0. The van der Waals surface area contributed by atoms with E-state index in [1.807, 2.05) is 6.92 Å². The number of carbonyl (C=O) groups excluding carboxylic acids is 1. The van der Waals surface area contributed by atoms with Crippen LogP contribution in [0.25, 0.3) is 0 Å². The molecule has 1 saturated carbocycles. The maximum Gasteiger partial charge on any atom is 0.310 e. The average Bonchev–Trinajstić information content (AvgIpc) is 2.91. The summed E-state index contributed by atoms with van der Waals surface area (Å²) < 4.78 is 32.5. The minimum Gasteiger partial charge on any atom is -0.469 e. The lowest BCUT2D eigenvalue weighted by molar-refractivity contribution is -0.145. The number of hydrogen-bond acceptors (Lipinski definition) is 4. The molecule has 1 aliphatic carbocycles. The second-order valence-corrected chi connectivity index (χ2v) is 8.88. The Morgan fingerprint density at radius 1 is 1.19 bits per heavy atom. The first-order valence-corrected chi connectivity index (χ1v) is 9.37. The van der Waals surface area contributed by atoms with Crippen molar-refractivity contribution in [2.24, 2.45) is 17.8 Å². The maximum atomic E-state index is 13.0. The van der Waals surface area contributed by atoms with Crippen molar-refractivity contribution in [3.8, 4) is 0 Å². The molecule has 0 amide bonds. The summed E-state index contributed by atoms with van der Waals surface area (Å²) in [5.41, 5.74) is 0. The molecular formula is C15H27NO4S. The van der Waals surface area contributed by atoms with E-state index in [1.54, 1.807) is 4.31 Å². The van der Waals surface area contributed by atoms with Gasteiger partial charge in [-0.05, 0) is 38.0 Å². The Morgan fingerprint density at radius 2 is 1.86 bits per heavy atom. The molecule has 0 bridgehead atoms. The van der Waals surface area contributed by atoms with Crippen LogP contribution >= 0.6 is 0 Å². The zero-order valence-corrected chi connectivity index (χ0v) is 14.2. The summed E-state index contributed by atoms with van der Waals surface area (Å²) in [7, 11) is -2.12. The van der Waals surface area contributed by atoms with Crippen LogP contribution in [0.2, 0.25) is 0 Å². The quantitative estimate of drug-likeness (QED) is 0.747. The fraction of sp³-hybridized carbons (Fsp3) is 0.933. The zero-order chi connectivity index (χ0) is 15.8. The summed E-state index contributed by atoms with van der Waals surface area (Å²) in [5.74, 6) is -0.169. The van der Waals surface area contributed by atoms with E-state index in [1.165, 1.54) is 7.11 Å². The van der Waals surface area contributed by atoms with Crippen molar-refractivity contribution in [1.29, 1.82) is 0 Å². The van der Waals surface area contributed by atoms with E-state index < -0.39 is 21.2 Å². The van der Waals surface area contributed by atoms with E-state index in [-0.39, 0.29) is 12.0 Å². The van der Waals surface area contributed by atoms with E-state index in [0.717, 1.165) is 12.8 Å². The third kappa shape index (κ3) is 3.11. The van der Waals surface area contributed by atoms with Gasteiger partial charge in [0.25, 0.3) is 0 Å². The first kappa shape index (κ1) is 16.7. The fourth-order valence-electron chi connectivity index (χ4n) is 3.88. The molecule has 0 spiro atoms. The summed E-state index contributed by atoms with van der Waals surface area (Å²) in [5, 5.41) is -0.607. The summed E-state index contributed by atoms with van der Waals surface area (Å²) in [6.07, 6.45) is 3.01. The van der Waals surface area contributed by atoms with Crippen molar-refractivity contribution in [1.82, 2.24) is 4.31 Å². The third-order valence-electron chi connectivity index (χ3n) is 5.21. The molecule has 0 aromatic rings. The molecule has 5 atom stereocenters. The van der Waals surface area contributed by atoms with Crippen LogP contribution in [0.1, 0.15) is 46.5 Å². The highest BCUT2D eigenvalue weighted by molar-refractivity contribution is 7.89. The number of hydrogen-bond donors (Lipinski definition) is 0. The van der Waals surface area contributed by atoms with Crippen LogP contribution in [0.15, 0.2) is 0 Å². The first-order valence-electron chi connectivity index (χ1n) is 7.87. The van der Waals surface area contributed by atoms with Gasteiger partial charge in [0, 0.05) is 12.6 Å². The highest BCUT2D eigenvalue weighted by atomic mass is 32.2. The number of sulfonamides is 1. The van der Waals surface area contributed by atoms with Crippen molar-refractivity contribution in [2.45, 2.75) is 57.7 Å². The summed E-state index contributed by atoms with van der Waals surface area (Å²) in [6.45, 7) is 6.75. The van der Waals surface area contributed by atoms with Gasteiger partial charge in [0.05, 0.1) is 18.3 Å². The monoisotopic (exact) mass is 317 g/mol. The molecular weight excluding hydrogens is 290 g/mol. The van der Waals surface area contributed by atoms with E-state index in [4.69, 9.17) is 4.74 Å². The Morgan fingerprint density at radius 3 is 2.48 bits per heavy atom. The lowest BCUT2D eigenvalue weighted by Gasteiger charge is -2.41. The van der Waals surface area contributed by atoms with Crippen LogP contribution < -0.4 is 0 Å². The van der Waals surface area contributed by atoms with Crippen molar-refractivity contribution >= 4 is 16.0 Å². The number of methoxy groups -OCH3 is 1. The highest BCUT2D eigenvalue weighted by Crippen LogP contribution is 2.37. The van der Waals surface area contributed by atoms with Gasteiger partial charge in [-0.1, -0.05) is 20.3 Å². The van der Waals surface area contributed by atoms with Crippen LogP contribution in [0.3, 0.4) is 0 Å². The van der Waals surface area contributed by atoms with E-state index in [0.29, 0.717) is 31.2 Å². The molecule has 1 aliphatic heterocycles. The maximum absolute atomic E-state index is 13.0. The Hall–Kier alpha value is -0.620. The van der Waals surface area contributed by atoms with Crippen LogP contribution in [0.4, 0.5) is 0 Å². The number of piperidine rings is 1. The van der Waals surface area contributed by atoms with E-state index in [2.05, 4.69) is 13.8 Å². The smallest absolute Gasteiger partial charge is 0.310 e. The van der Waals surface area contributed by atoms with Gasteiger partial charge in [-0.3, -0.25) is 4.79 Å². The van der Waals surface area contributed by atoms with Gasteiger partial charge in [-0.25, -0.2) is 8.42 Å². The summed E-state index contributed by atoms with van der Waals surface area (Å²) in [6, 6.07) is 0.00472. The third-order valence-corrected chi connectivity index (χ3v) is 7.67. The van der Waals surface area contributed by atoms with Gasteiger partial charge in [0.15, 0.2) is 0 Å².